The molecule has 2 atom stereocenters. The van der Waals surface area contributed by atoms with E-state index in [0.29, 0.717) is 17.6 Å². The van der Waals surface area contributed by atoms with Crippen LogP contribution in [0.15, 0.2) is 0 Å². The molecule has 4 heteroatoms. The van der Waals surface area contributed by atoms with Gasteiger partial charge in [-0.15, -0.1) is 0 Å². The quantitative estimate of drug-likeness (QED) is 0.678. The normalized spacial score (nSPS) is 20.9. The summed E-state index contributed by atoms with van der Waals surface area (Å²) in [6.07, 6.45) is 7.67. The first-order valence-electron chi connectivity index (χ1n) is 7.34. The highest BCUT2D eigenvalue weighted by Crippen LogP contribution is 2.25. The Hall–Kier alpha value is -0.220. The number of nitrogens with one attached hydrogen (secondary N) is 1. The lowest BCUT2D eigenvalue weighted by atomic mass is 9.94. The molecule has 18 heavy (non-hydrogen) atoms. The van der Waals surface area contributed by atoms with Gasteiger partial charge in [-0.1, -0.05) is 19.8 Å². The summed E-state index contributed by atoms with van der Waals surface area (Å²) in [6.45, 7) is 3.80. The Balaban J connectivity index is 2.10. The molecule has 1 fully saturated rings. The Morgan fingerprint density at radius 2 is 2.28 bits per heavy atom. The van der Waals surface area contributed by atoms with Gasteiger partial charge in [0, 0.05) is 18.2 Å². The summed E-state index contributed by atoms with van der Waals surface area (Å²) in [5.41, 5.74) is 5.60. The number of thioether (sulfide) groups is 1. The highest BCUT2D eigenvalue weighted by molar-refractivity contribution is 8.00. The van der Waals surface area contributed by atoms with Crippen molar-refractivity contribution in [2.75, 3.05) is 18.8 Å². The van der Waals surface area contributed by atoms with Crippen LogP contribution in [-0.2, 0) is 4.79 Å². The van der Waals surface area contributed by atoms with Crippen molar-refractivity contribution >= 4 is 17.7 Å². The number of hydrogen-bond donors (Lipinski definition) is 2. The van der Waals surface area contributed by atoms with Crippen molar-refractivity contribution in [3.05, 3.63) is 0 Å². The Morgan fingerprint density at radius 3 is 2.89 bits per heavy atom. The van der Waals surface area contributed by atoms with Gasteiger partial charge in [0.1, 0.15) is 0 Å². The summed E-state index contributed by atoms with van der Waals surface area (Å²) in [5.74, 6) is 2.11. The van der Waals surface area contributed by atoms with Crippen LogP contribution < -0.4 is 11.1 Å². The average Bonchev–Trinajstić information content (AvgIpc) is 2.87. The molecule has 1 aliphatic rings. The largest absolute Gasteiger partial charge is 0.355 e. The SMILES string of the molecule is CCCC(CCN)CCC(=O)NCC1CCCS1. The molecule has 1 amide bonds. The molecular weight excluding hydrogens is 244 g/mol. The van der Waals surface area contributed by atoms with Crippen LogP contribution in [0.1, 0.15) is 51.9 Å². The fraction of sp³-hybridized carbons (Fsp3) is 0.929. The molecule has 106 valence electrons. The average molecular weight is 272 g/mol. The van der Waals surface area contributed by atoms with Crippen LogP contribution in [0.3, 0.4) is 0 Å². The number of carbonyl (C=O) groups excluding carboxylic acids is 1. The van der Waals surface area contributed by atoms with E-state index in [2.05, 4.69) is 12.2 Å². The predicted molar refractivity (Wildman–Crippen MR) is 79.8 cm³/mol. The van der Waals surface area contributed by atoms with Gasteiger partial charge in [-0.05, 0) is 43.9 Å². The van der Waals surface area contributed by atoms with E-state index in [-0.39, 0.29) is 5.91 Å². The smallest absolute Gasteiger partial charge is 0.220 e. The van der Waals surface area contributed by atoms with Crippen LogP contribution in [-0.4, -0.2) is 30.0 Å². The van der Waals surface area contributed by atoms with E-state index >= 15 is 0 Å². The van der Waals surface area contributed by atoms with Crippen molar-refractivity contribution < 1.29 is 4.79 Å². The molecule has 2 unspecified atom stereocenters. The van der Waals surface area contributed by atoms with Gasteiger partial charge in [-0.2, -0.15) is 11.8 Å². The molecule has 0 radical (unpaired) electrons. The van der Waals surface area contributed by atoms with E-state index < -0.39 is 0 Å². The van der Waals surface area contributed by atoms with Crippen molar-refractivity contribution in [2.24, 2.45) is 11.7 Å². The van der Waals surface area contributed by atoms with E-state index in [4.69, 9.17) is 5.73 Å². The van der Waals surface area contributed by atoms with Crippen LogP contribution in [0.5, 0.6) is 0 Å². The number of amides is 1. The van der Waals surface area contributed by atoms with Gasteiger partial charge < -0.3 is 11.1 Å². The Morgan fingerprint density at radius 1 is 1.44 bits per heavy atom. The van der Waals surface area contributed by atoms with E-state index in [1.54, 1.807) is 0 Å². The Bertz CT molecular complexity index is 224. The van der Waals surface area contributed by atoms with Gasteiger partial charge in [0.25, 0.3) is 0 Å². The highest BCUT2D eigenvalue weighted by Gasteiger charge is 2.16. The molecule has 0 bridgehead atoms. The van der Waals surface area contributed by atoms with E-state index in [0.717, 1.165) is 25.9 Å². The predicted octanol–water partition coefficient (Wildman–Crippen LogP) is 2.54. The lowest BCUT2D eigenvalue weighted by Gasteiger charge is -2.15. The number of hydrogen-bond acceptors (Lipinski definition) is 3. The third-order valence-corrected chi connectivity index (χ3v) is 5.00. The zero-order valence-corrected chi connectivity index (χ0v) is 12.4. The maximum absolute atomic E-state index is 11.8. The Labute approximate surface area is 116 Å². The minimum absolute atomic E-state index is 0.223. The molecule has 1 saturated heterocycles. The lowest BCUT2D eigenvalue weighted by Crippen LogP contribution is -2.30. The van der Waals surface area contributed by atoms with Gasteiger partial charge >= 0.3 is 0 Å². The van der Waals surface area contributed by atoms with Gasteiger partial charge in [0.2, 0.25) is 5.91 Å². The first-order chi connectivity index (χ1) is 8.76. The van der Waals surface area contributed by atoms with E-state index in [1.165, 1.54) is 31.4 Å². The molecule has 0 aromatic rings. The first kappa shape index (κ1) is 15.8. The number of rotatable bonds is 9. The van der Waals surface area contributed by atoms with Crippen LogP contribution >= 0.6 is 11.8 Å². The van der Waals surface area contributed by atoms with Gasteiger partial charge in [-0.3, -0.25) is 4.79 Å². The second kappa shape index (κ2) is 9.68. The molecule has 3 N–H and O–H groups in total. The summed E-state index contributed by atoms with van der Waals surface area (Å²) < 4.78 is 0. The molecule has 1 aliphatic heterocycles. The zero-order valence-electron chi connectivity index (χ0n) is 11.6. The van der Waals surface area contributed by atoms with Crippen molar-refractivity contribution in [2.45, 2.75) is 57.1 Å². The summed E-state index contributed by atoms with van der Waals surface area (Å²) in [6, 6.07) is 0. The standard InChI is InChI=1S/C14H28N2OS/c1-2-4-12(8-9-15)6-7-14(17)16-11-13-5-3-10-18-13/h12-13H,2-11,15H2,1H3,(H,16,17). The lowest BCUT2D eigenvalue weighted by molar-refractivity contribution is -0.121. The molecule has 0 aromatic carbocycles. The molecule has 0 spiro atoms. The topological polar surface area (TPSA) is 55.1 Å². The van der Waals surface area contributed by atoms with Crippen molar-refractivity contribution in [3.63, 3.8) is 0 Å². The van der Waals surface area contributed by atoms with Crippen LogP contribution in [0.25, 0.3) is 0 Å². The molecule has 1 rings (SSSR count). The van der Waals surface area contributed by atoms with Gasteiger partial charge in [0.15, 0.2) is 0 Å². The zero-order chi connectivity index (χ0) is 13.2. The summed E-state index contributed by atoms with van der Waals surface area (Å²) in [7, 11) is 0. The summed E-state index contributed by atoms with van der Waals surface area (Å²) in [4.78, 5) is 11.8. The first-order valence-corrected chi connectivity index (χ1v) is 8.39. The molecule has 0 aromatic heterocycles. The molecular formula is C14H28N2OS. The minimum Gasteiger partial charge on any atom is -0.355 e. The Kier molecular flexibility index (Phi) is 8.51. The maximum Gasteiger partial charge on any atom is 0.220 e. The molecule has 1 heterocycles. The third-order valence-electron chi connectivity index (χ3n) is 3.60. The summed E-state index contributed by atoms with van der Waals surface area (Å²) >= 11 is 1.99. The second-order valence-corrected chi connectivity index (χ2v) is 6.62. The second-order valence-electron chi connectivity index (χ2n) is 5.21. The van der Waals surface area contributed by atoms with E-state index in [9.17, 15) is 4.79 Å². The third kappa shape index (κ3) is 6.64. The van der Waals surface area contributed by atoms with Crippen molar-refractivity contribution in [1.29, 1.82) is 0 Å². The fourth-order valence-corrected chi connectivity index (χ4v) is 3.73. The van der Waals surface area contributed by atoms with Gasteiger partial charge in [-0.25, -0.2) is 0 Å². The van der Waals surface area contributed by atoms with Crippen LogP contribution in [0.2, 0.25) is 0 Å². The van der Waals surface area contributed by atoms with Crippen LogP contribution in [0.4, 0.5) is 0 Å². The minimum atomic E-state index is 0.223. The van der Waals surface area contributed by atoms with Crippen molar-refractivity contribution in [3.8, 4) is 0 Å². The highest BCUT2D eigenvalue weighted by atomic mass is 32.2. The van der Waals surface area contributed by atoms with Crippen LogP contribution in [0, 0.1) is 5.92 Å². The molecule has 0 aliphatic carbocycles. The molecule has 3 nitrogen and oxygen atoms in total. The number of carbonyl (C=O) groups is 1. The monoisotopic (exact) mass is 272 g/mol. The van der Waals surface area contributed by atoms with Crippen molar-refractivity contribution in [1.82, 2.24) is 5.32 Å². The maximum atomic E-state index is 11.8. The molecule has 0 saturated carbocycles. The van der Waals surface area contributed by atoms with Gasteiger partial charge in [0.05, 0.1) is 0 Å². The van der Waals surface area contributed by atoms with E-state index in [1.807, 2.05) is 11.8 Å². The summed E-state index contributed by atoms with van der Waals surface area (Å²) in [5, 5.41) is 3.73. The fourth-order valence-electron chi connectivity index (χ4n) is 2.53. The number of nitrogens with two attached hydrogens (primary N) is 1.